The summed E-state index contributed by atoms with van der Waals surface area (Å²) in [6, 6.07) is 8.90. The highest BCUT2D eigenvalue weighted by molar-refractivity contribution is 6.48. The molecule has 2 N–H and O–H groups in total. The molecule has 1 amide bonds. The molecule has 7 nitrogen and oxygen atoms in total. The number of aryl methyl sites for hydroxylation is 1. The van der Waals surface area contributed by atoms with E-state index < -0.39 is 11.7 Å². The van der Waals surface area contributed by atoms with Crippen molar-refractivity contribution in [2.45, 2.75) is 6.92 Å². The van der Waals surface area contributed by atoms with Gasteiger partial charge in [0.05, 0.1) is 12.7 Å². The zero-order valence-electron chi connectivity index (χ0n) is 15.1. The lowest BCUT2D eigenvalue weighted by molar-refractivity contribution is -0.112. The lowest BCUT2D eigenvalue weighted by atomic mass is 10.1. The number of carbonyl (C=O) groups is 2. The first-order valence-electron chi connectivity index (χ1n) is 8.06. The van der Waals surface area contributed by atoms with Crippen LogP contribution < -0.4 is 15.0 Å². The SMILES string of the molecule is COc1cc(NC(=O)C(=O)c2c(C)[nH]c3ccc(N(C)C)cc23)ccn1. The molecule has 0 atom stereocenters. The third-order valence-corrected chi connectivity index (χ3v) is 4.12. The van der Waals surface area contributed by atoms with E-state index in [-0.39, 0.29) is 0 Å². The Labute approximate surface area is 151 Å². The molecule has 3 aromatic rings. The second-order valence-corrected chi connectivity index (χ2v) is 6.12. The van der Waals surface area contributed by atoms with E-state index >= 15 is 0 Å². The number of aromatic nitrogens is 2. The first-order valence-corrected chi connectivity index (χ1v) is 8.06. The van der Waals surface area contributed by atoms with Crippen LogP contribution in [-0.2, 0) is 4.79 Å². The molecule has 0 radical (unpaired) electrons. The molecule has 7 heteroatoms. The summed E-state index contributed by atoms with van der Waals surface area (Å²) in [5, 5.41) is 3.32. The van der Waals surface area contributed by atoms with Crippen molar-refractivity contribution in [2.75, 3.05) is 31.4 Å². The second kappa shape index (κ2) is 6.87. The molecule has 3 rings (SSSR count). The first-order chi connectivity index (χ1) is 12.4. The summed E-state index contributed by atoms with van der Waals surface area (Å²) in [4.78, 5) is 34.3. The number of hydrogen-bond acceptors (Lipinski definition) is 5. The van der Waals surface area contributed by atoms with Crippen molar-refractivity contribution in [3.05, 3.63) is 47.8 Å². The Bertz CT molecular complexity index is 992. The summed E-state index contributed by atoms with van der Waals surface area (Å²) >= 11 is 0. The number of rotatable bonds is 5. The number of methoxy groups -OCH3 is 1. The topological polar surface area (TPSA) is 87.3 Å². The zero-order valence-corrected chi connectivity index (χ0v) is 15.1. The van der Waals surface area contributed by atoms with Crippen molar-refractivity contribution in [1.82, 2.24) is 9.97 Å². The third-order valence-electron chi connectivity index (χ3n) is 4.12. The van der Waals surface area contributed by atoms with Crippen molar-refractivity contribution in [2.24, 2.45) is 0 Å². The number of amides is 1. The molecular formula is C19H20N4O3. The molecule has 0 bridgehead atoms. The smallest absolute Gasteiger partial charge is 0.296 e. The van der Waals surface area contributed by atoms with Crippen LogP contribution >= 0.6 is 0 Å². The summed E-state index contributed by atoms with van der Waals surface area (Å²) < 4.78 is 5.02. The van der Waals surface area contributed by atoms with Gasteiger partial charge in [-0.15, -0.1) is 0 Å². The number of anilines is 2. The quantitative estimate of drug-likeness (QED) is 0.545. The zero-order chi connectivity index (χ0) is 18.8. The molecule has 0 aliphatic rings. The normalized spacial score (nSPS) is 10.6. The van der Waals surface area contributed by atoms with Crippen LogP contribution in [0.2, 0.25) is 0 Å². The number of aromatic amines is 1. The molecule has 2 aromatic heterocycles. The average Bonchev–Trinajstić information content (AvgIpc) is 2.95. The number of Topliss-reactive ketones (excluding diaryl/α,β-unsaturated/α-hetero) is 1. The van der Waals surface area contributed by atoms with Crippen molar-refractivity contribution < 1.29 is 14.3 Å². The highest BCUT2D eigenvalue weighted by Gasteiger charge is 2.23. The van der Waals surface area contributed by atoms with Gasteiger partial charge in [-0.05, 0) is 31.2 Å². The fourth-order valence-electron chi connectivity index (χ4n) is 2.79. The molecule has 0 saturated heterocycles. The number of H-pyrrole nitrogens is 1. The van der Waals surface area contributed by atoms with Gasteiger partial charge in [0.15, 0.2) is 0 Å². The first kappa shape index (κ1) is 17.5. The summed E-state index contributed by atoms with van der Waals surface area (Å²) in [5.41, 5.74) is 3.24. The van der Waals surface area contributed by atoms with E-state index in [0.717, 1.165) is 16.6 Å². The number of ether oxygens (including phenoxy) is 1. The molecule has 26 heavy (non-hydrogen) atoms. The maximum Gasteiger partial charge on any atom is 0.296 e. The van der Waals surface area contributed by atoms with Crippen LogP contribution in [0.4, 0.5) is 11.4 Å². The van der Waals surface area contributed by atoms with Crippen LogP contribution in [0.1, 0.15) is 16.1 Å². The molecule has 134 valence electrons. The number of fused-ring (bicyclic) bond motifs is 1. The number of benzene rings is 1. The van der Waals surface area contributed by atoms with E-state index in [1.807, 2.05) is 37.2 Å². The minimum atomic E-state index is -0.711. The van der Waals surface area contributed by atoms with Crippen molar-refractivity contribution in [3.8, 4) is 5.88 Å². The molecule has 0 saturated carbocycles. The van der Waals surface area contributed by atoms with Gasteiger partial charge in [-0.1, -0.05) is 0 Å². The highest BCUT2D eigenvalue weighted by atomic mass is 16.5. The number of carbonyl (C=O) groups excluding carboxylic acids is 2. The fourth-order valence-corrected chi connectivity index (χ4v) is 2.79. The van der Waals surface area contributed by atoms with E-state index in [1.54, 1.807) is 19.1 Å². The largest absolute Gasteiger partial charge is 0.481 e. The molecule has 0 unspecified atom stereocenters. The lowest BCUT2D eigenvalue weighted by Crippen LogP contribution is -2.23. The Morgan fingerprint density at radius 2 is 1.96 bits per heavy atom. The number of ketones is 1. The van der Waals surface area contributed by atoms with Crippen LogP contribution in [0, 0.1) is 6.92 Å². The molecule has 2 heterocycles. The summed E-state index contributed by atoms with van der Waals surface area (Å²) in [6.07, 6.45) is 1.50. The molecule has 0 fully saturated rings. The van der Waals surface area contributed by atoms with Gasteiger partial charge in [-0.3, -0.25) is 9.59 Å². The van der Waals surface area contributed by atoms with Gasteiger partial charge < -0.3 is 19.9 Å². The van der Waals surface area contributed by atoms with Gasteiger partial charge >= 0.3 is 0 Å². The fraction of sp³-hybridized carbons (Fsp3) is 0.211. The average molecular weight is 352 g/mol. The van der Waals surface area contributed by atoms with E-state index in [4.69, 9.17) is 4.74 Å². The van der Waals surface area contributed by atoms with Crippen LogP contribution in [0.5, 0.6) is 5.88 Å². The van der Waals surface area contributed by atoms with E-state index in [2.05, 4.69) is 15.3 Å². The van der Waals surface area contributed by atoms with Crippen LogP contribution in [0.25, 0.3) is 10.9 Å². The molecule has 0 aliphatic carbocycles. The van der Waals surface area contributed by atoms with Gasteiger partial charge in [0, 0.05) is 54.3 Å². The summed E-state index contributed by atoms with van der Waals surface area (Å²) in [7, 11) is 5.33. The molecule has 0 aliphatic heterocycles. The van der Waals surface area contributed by atoms with E-state index in [1.165, 1.54) is 13.3 Å². The maximum atomic E-state index is 12.8. The highest BCUT2D eigenvalue weighted by Crippen LogP contribution is 2.27. The number of nitrogens with one attached hydrogen (secondary N) is 2. The van der Waals surface area contributed by atoms with Gasteiger partial charge in [0.1, 0.15) is 0 Å². The van der Waals surface area contributed by atoms with Gasteiger partial charge in [0.2, 0.25) is 5.88 Å². The third kappa shape index (κ3) is 3.23. The van der Waals surface area contributed by atoms with Crippen molar-refractivity contribution in [1.29, 1.82) is 0 Å². The van der Waals surface area contributed by atoms with Gasteiger partial charge in [-0.2, -0.15) is 0 Å². The van der Waals surface area contributed by atoms with Crippen LogP contribution in [0.3, 0.4) is 0 Å². The van der Waals surface area contributed by atoms with Crippen molar-refractivity contribution in [3.63, 3.8) is 0 Å². The van der Waals surface area contributed by atoms with Crippen LogP contribution in [-0.4, -0.2) is 42.9 Å². The Hall–Kier alpha value is -3.35. The summed E-state index contributed by atoms with van der Waals surface area (Å²) in [5.74, 6) is -0.952. The number of nitrogens with zero attached hydrogens (tertiary/aromatic N) is 2. The summed E-state index contributed by atoms with van der Waals surface area (Å²) in [6.45, 7) is 1.78. The van der Waals surface area contributed by atoms with E-state index in [0.29, 0.717) is 22.8 Å². The molecule has 1 aromatic carbocycles. The second-order valence-electron chi connectivity index (χ2n) is 6.12. The monoisotopic (exact) mass is 352 g/mol. The predicted octanol–water partition coefficient (Wildman–Crippen LogP) is 2.77. The number of hydrogen-bond donors (Lipinski definition) is 2. The Morgan fingerprint density at radius 3 is 2.65 bits per heavy atom. The Kier molecular flexibility index (Phi) is 4.62. The van der Waals surface area contributed by atoms with E-state index in [9.17, 15) is 9.59 Å². The predicted molar refractivity (Wildman–Crippen MR) is 101 cm³/mol. The van der Waals surface area contributed by atoms with Gasteiger partial charge in [-0.25, -0.2) is 4.98 Å². The van der Waals surface area contributed by atoms with Crippen molar-refractivity contribution >= 4 is 34.0 Å². The Balaban J connectivity index is 1.94. The minimum absolute atomic E-state index is 0.356. The lowest BCUT2D eigenvalue weighted by Gasteiger charge is -2.12. The Morgan fingerprint density at radius 1 is 1.19 bits per heavy atom. The molecular weight excluding hydrogens is 332 g/mol. The standard InChI is InChI=1S/C19H20N4O3/c1-11-17(14-10-13(23(2)3)5-6-15(14)21-11)18(24)19(25)22-12-7-8-20-16(9-12)26-4/h5-10,21H,1-4H3,(H,20,22,25). The number of pyridine rings is 1. The minimum Gasteiger partial charge on any atom is -0.481 e. The van der Waals surface area contributed by atoms with Crippen LogP contribution in [0.15, 0.2) is 36.5 Å². The maximum absolute atomic E-state index is 12.8. The van der Waals surface area contributed by atoms with Gasteiger partial charge in [0.25, 0.3) is 11.7 Å². The molecule has 0 spiro atoms.